The van der Waals surface area contributed by atoms with Crippen LogP contribution >= 0.6 is 23.8 Å². The quantitative estimate of drug-likeness (QED) is 0.775. The second-order valence-corrected chi connectivity index (χ2v) is 8.09. The molecule has 2 fully saturated rings. The SMILES string of the molecule is CCN1C(=S)N(c2cccc(Cl)c2)C2CS(=O)(=O)CC21. The third kappa shape index (κ3) is 2.19. The molecule has 20 heavy (non-hydrogen) atoms. The Kier molecular flexibility index (Phi) is 3.43. The minimum Gasteiger partial charge on any atom is -0.343 e. The first kappa shape index (κ1) is 14.1. The molecule has 0 saturated carbocycles. The van der Waals surface area contributed by atoms with E-state index in [2.05, 4.69) is 0 Å². The molecule has 1 aromatic carbocycles. The summed E-state index contributed by atoms with van der Waals surface area (Å²) in [6, 6.07) is 7.24. The summed E-state index contributed by atoms with van der Waals surface area (Å²) in [4.78, 5) is 3.95. The van der Waals surface area contributed by atoms with E-state index < -0.39 is 9.84 Å². The predicted octanol–water partition coefficient (Wildman–Crippen LogP) is 1.93. The van der Waals surface area contributed by atoms with Crippen molar-refractivity contribution < 1.29 is 8.42 Å². The zero-order valence-corrected chi connectivity index (χ0v) is 13.4. The third-order valence-corrected chi connectivity index (χ3v) is 6.27. The van der Waals surface area contributed by atoms with Gasteiger partial charge in [-0.3, -0.25) is 0 Å². The van der Waals surface area contributed by atoms with Gasteiger partial charge in [-0.1, -0.05) is 17.7 Å². The van der Waals surface area contributed by atoms with Crippen LogP contribution in [0.5, 0.6) is 0 Å². The van der Waals surface area contributed by atoms with Crippen molar-refractivity contribution in [2.45, 2.75) is 19.0 Å². The van der Waals surface area contributed by atoms with Crippen LogP contribution in [0.4, 0.5) is 5.69 Å². The fourth-order valence-electron chi connectivity index (χ4n) is 3.07. The lowest BCUT2D eigenvalue weighted by atomic mass is 10.1. The Morgan fingerprint density at radius 2 is 2.05 bits per heavy atom. The molecule has 0 N–H and O–H groups in total. The maximum Gasteiger partial charge on any atom is 0.176 e. The molecule has 2 aliphatic rings. The van der Waals surface area contributed by atoms with Crippen molar-refractivity contribution in [3.8, 4) is 0 Å². The van der Waals surface area contributed by atoms with E-state index in [4.69, 9.17) is 23.8 Å². The lowest BCUT2D eigenvalue weighted by Gasteiger charge is -2.24. The van der Waals surface area contributed by atoms with Gasteiger partial charge >= 0.3 is 0 Å². The number of halogens is 1. The number of anilines is 1. The molecule has 0 spiro atoms. The van der Waals surface area contributed by atoms with Gasteiger partial charge in [0, 0.05) is 17.3 Å². The van der Waals surface area contributed by atoms with Crippen LogP contribution in [0.3, 0.4) is 0 Å². The monoisotopic (exact) mass is 330 g/mol. The summed E-state index contributed by atoms with van der Waals surface area (Å²) in [5.74, 6) is 0.337. The highest BCUT2D eigenvalue weighted by molar-refractivity contribution is 7.91. The predicted molar refractivity (Wildman–Crippen MR) is 85.1 cm³/mol. The van der Waals surface area contributed by atoms with Crippen molar-refractivity contribution in [1.82, 2.24) is 4.90 Å². The first-order valence-corrected chi connectivity index (χ1v) is 9.09. The Morgan fingerprint density at radius 1 is 1.35 bits per heavy atom. The van der Waals surface area contributed by atoms with E-state index in [-0.39, 0.29) is 23.6 Å². The number of rotatable bonds is 2. The fourth-order valence-corrected chi connectivity index (χ4v) is 5.71. The van der Waals surface area contributed by atoms with Gasteiger partial charge in [0.15, 0.2) is 14.9 Å². The number of nitrogens with zero attached hydrogens (tertiary/aromatic N) is 2. The van der Waals surface area contributed by atoms with Gasteiger partial charge in [-0.2, -0.15) is 0 Å². The number of benzene rings is 1. The molecular weight excluding hydrogens is 316 g/mol. The minimum absolute atomic E-state index is 0.0449. The van der Waals surface area contributed by atoms with Crippen molar-refractivity contribution in [2.24, 2.45) is 0 Å². The molecule has 0 bridgehead atoms. The van der Waals surface area contributed by atoms with Gasteiger partial charge in [-0.15, -0.1) is 0 Å². The van der Waals surface area contributed by atoms with Crippen LogP contribution in [0.15, 0.2) is 24.3 Å². The lowest BCUT2D eigenvalue weighted by molar-refractivity contribution is 0.373. The average molecular weight is 331 g/mol. The Hall–Kier alpha value is -0.850. The summed E-state index contributed by atoms with van der Waals surface area (Å²) in [7, 11) is -3.00. The van der Waals surface area contributed by atoms with Crippen molar-refractivity contribution in [3.05, 3.63) is 29.3 Å². The van der Waals surface area contributed by atoms with E-state index in [1.54, 1.807) is 6.07 Å². The zero-order valence-electron chi connectivity index (χ0n) is 11.0. The van der Waals surface area contributed by atoms with Gasteiger partial charge in [-0.05, 0) is 37.3 Å². The summed E-state index contributed by atoms with van der Waals surface area (Å²) in [6.45, 7) is 2.71. The Labute approximate surface area is 129 Å². The maximum absolute atomic E-state index is 11.9. The summed E-state index contributed by atoms with van der Waals surface area (Å²) < 4.78 is 23.9. The summed E-state index contributed by atoms with van der Waals surface area (Å²) in [5, 5.41) is 1.32. The van der Waals surface area contributed by atoms with Crippen molar-refractivity contribution in [2.75, 3.05) is 23.0 Å². The molecule has 2 aliphatic heterocycles. The third-order valence-electron chi connectivity index (χ3n) is 3.90. The van der Waals surface area contributed by atoms with E-state index in [0.29, 0.717) is 16.7 Å². The molecule has 0 aromatic heterocycles. The molecule has 4 nitrogen and oxygen atoms in total. The average Bonchev–Trinajstić information content (AvgIpc) is 2.78. The van der Waals surface area contributed by atoms with Gasteiger partial charge in [0.2, 0.25) is 0 Å². The van der Waals surface area contributed by atoms with Crippen LogP contribution in [0.1, 0.15) is 6.92 Å². The molecule has 2 heterocycles. The second-order valence-electron chi connectivity index (χ2n) is 5.13. The largest absolute Gasteiger partial charge is 0.343 e. The second kappa shape index (κ2) is 4.86. The van der Waals surface area contributed by atoms with Gasteiger partial charge in [0.05, 0.1) is 23.6 Å². The van der Waals surface area contributed by atoms with Gasteiger partial charge in [0.1, 0.15) is 0 Å². The topological polar surface area (TPSA) is 40.6 Å². The van der Waals surface area contributed by atoms with E-state index in [0.717, 1.165) is 5.69 Å². The fraction of sp³-hybridized carbons (Fsp3) is 0.462. The van der Waals surface area contributed by atoms with Crippen molar-refractivity contribution >= 4 is 44.5 Å². The molecule has 3 rings (SSSR count). The highest BCUT2D eigenvalue weighted by Crippen LogP contribution is 2.35. The number of likely N-dealkylation sites (N-methyl/N-ethyl adjacent to an activating group) is 1. The molecule has 0 aliphatic carbocycles. The van der Waals surface area contributed by atoms with E-state index in [1.165, 1.54) is 0 Å². The lowest BCUT2D eigenvalue weighted by Crippen LogP contribution is -2.37. The molecular formula is C13H15ClN2O2S2. The standard InChI is InChI=1S/C13H15ClN2O2S2/c1-2-15-11-7-20(17,18)8-12(11)16(13(15)19)10-5-3-4-9(14)6-10/h3-6,11-12H,2,7-8H2,1H3. The molecule has 2 saturated heterocycles. The molecule has 0 amide bonds. The highest BCUT2D eigenvalue weighted by atomic mass is 35.5. The van der Waals surface area contributed by atoms with E-state index in [9.17, 15) is 8.42 Å². The molecule has 2 atom stereocenters. The number of thiocarbonyl (C=S) groups is 1. The molecule has 1 aromatic rings. The molecule has 2 unspecified atom stereocenters. The molecule has 0 radical (unpaired) electrons. The first-order valence-electron chi connectivity index (χ1n) is 6.49. The maximum atomic E-state index is 11.9. The van der Waals surface area contributed by atoms with Gasteiger partial charge in [-0.25, -0.2) is 8.42 Å². The van der Waals surface area contributed by atoms with Gasteiger partial charge in [0.25, 0.3) is 0 Å². The van der Waals surface area contributed by atoms with Crippen LogP contribution < -0.4 is 4.90 Å². The summed E-state index contributed by atoms with van der Waals surface area (Å²) in [5.41, 5.74) is 0.866. The van der Waals surface area contributed by atoms with Crippen molar-refractivity contribution in [3.63, 3.8) is 0 Å². The van der Waals surface area contributed by atoms with Crippen molar-refractivity contribution in [1.29, 1.82) is 0 Å². The van der Waals surface area contributed by atoms with Crippen LogP contribution in [0.25, 0.3) is 0 Å². The number of fused-ring (bicyclic) bond motifs is 1. The number of sulfone groups is 1. The van der Waals surface area contributed by atoms with Crippen LogP contribution in [-0.4, -0.2) is 48.6 Å². The summed E-state index contributed by atoms with van der Waals surface area (Å²) >= 11 is 11.6. The minimum atomic E-state index is -3.00. The van der Waals surface area contributed by atoms with Gasteiger partial charge < -0.3 is 9.80 Å². The Bertz CT molecular complexity index is 662. The van der Waals surface area contributed by atoms with E-state index in [1.807, 2.05) is 34.9 Å². The zero-order chi connectivity index (χ0) is 14.5. The highest BCUT2D eigenvalue weighted by Gasteiger charge is 2.51. The summed E-state index contributed by atoms with van der Waals surface area (Å²) in [6.07, 6.45) is 0. The number of hydrogen-bond acceptors (Lipinski definition) is 3. The Morgan fingerprint density at radius 3 is 2.70 bits per heavy atom. The van der Waals surface area contributed by atoms with Crippen LogP contribution in [-0.2, 0) is 9.84 Å². The molecule has 7 heteroatoms. The van der Waals surface area contributed by atoms with Crippen LogP contribution in [0.2, 0.25) is 5.02 Å². The van der Waals surface area contributed by atoms with Crippen LogP contribution in [0, 0.1) is 0 Å². The molecule has 108 valence electrons. The smallest absolute Gasteiger partial charge is 0.176 e. The first-order chi connectivity index (χ1) is 9.43. The van der Waals surface area contributed by atoms with E-state index >= 15 is 0 Å². The number of hydrogen-bond donors (Lipinski definition) is 0. The normalized spacial score (nSPS) is 28.0. The Balaban J connectivity index is 2.04.